The number of nitrogens with one attached hydrogen (secondary N) is 1. The summed E-state index contributed by atoms with van der Waals surface area (Å²) >= 11 is 0. The maximum atomic E-state index is 12.4. The molecule has 2 fully saturated rings. The van der Waals surface area contributed by atoms with Crippen LogP contribution in [0.4, 0.5) is 0 Å². The summed E-state index contributed by atoms with van der Waals surface area (Å²) in [5.74, 6) is 0.495. The fourth-order valence-electron chi connectivity index (χ4n) is 3.51. The number of imidazole rings is 1. The van der Waals surface area contributed by atoms with Gasteiger partial charge < -0.3 is 14.8 Å². The molecule has 2 aliphatic rings. The first-order chi connectivity index (χ1) is 10.6. The van der Waals surface area contributed by atoms with Gasteiger partial charge in [-0.25, -0.2) is 4.98 Å². The Kier molecular flexibility index (Phi) is 4.45. The van der Waals surface area contributed by atoms with Crippen molar-refractivity contribution in [3.8, 4) is 0 Å². The smallest absolute Gasteiger partial charge is 0.269 e. The largest absolute Gasteiger partial charge is 0.348 e. The molecule has 1 aromatic rings. The van der Waals surface area contributed by atoms with E-state index in [9.17, 15) is 9.59 Å². The van der Waals surface area contributed by atoms with E-state index < -0.39 is 0 Å². The van der Waals surface area contributed by atoms with Gasteiger partial charge in [0.25, 0.3) is 5.91 Å². The molecule has 6 nitrogen and oxygen atoms in total. The number of carbonyl (C=O) groups excluding carboxylic acids is 2. The molecule has 0 bridgehead atoms. The van der Waals surface area contributed by atoms with Gasteiger partial charge in [-0.3, -0.25) is 9.59 Å². The van der Waals surface area contributed by atoms with Gasteiger partial charge in [-0.2, -0.15) is 0 Å². The number of aryl methyl sites for hydroxylation is 1. The van der Waals surface area contributed by atoms with Crippen LogP contribution >= 0.6 is 0 Å². The molecule has 120 valence electrons. The molecule has 22 heavy (non-hydrogen) atoms. The number of hydrogen-bond acceptors (Lipinski definition) is 3. The Labute approximate surface area is 130 Å². The van der Waals surface area contributed by atoms with Gasteiger partial charge in [0.05, 0.1) is 12.5 Å². The monoisotopic (exact) mass is 304 g/mol. The van der Waals surface area contributed by atoms with Gasteiger partial charge in [-0.05, 0) is 25.7 Å². The maximum absolute atomic E-state index is 12.4. The third-order valence-electron chi connectivity index (χ3n) is 4.90. The van der Waals surface area contributed by atoms with Crippen molar-refractivity contribution < 1.29 is 9.59 Å². The Bertz CT molecular complexity index is 540. The van der Waals surface area contributed by atoms with Gasteiger partial charge in [0, 0.05) is 32.1 Å². The van der Waals surface area contributed by atoms with Crippen LogP contribution in [0.2, 0.25) is 0 Å². The third-order valence-corrected chi connectivity index (χ3v) is 4.90. The van der Waals surface area contributed by atoms with Crippen LogP contribution in [0.3, 0.4) is 0 Å². The van der Waals surface area contributed by atoms with Crippen LogP contribution in [0.15, 0.2) is 12.5 Å². The quantitative estimate of drug-likeness (QED) is 0.916. The molecule has 1 saturated heterocycles. The summed E-state index contributed by atoms with van der Waals surface area (Å²) in [5, 5.41) is 3.05. The first-order valence-corrected chi connectivity index (χ1v) is 8.21. The third kappa shape index (κ3) is 3.15. The molecular formula is C16H24N4O2. The normalized spacial score (nSPS) is 20.3. The van der Waals surface area contributed by atoms with Crippen molar-refractivity contribution in [3.05, 3.63) is 18.2 Å². The van der Waals surface area contributed by atoms with Crippen molar-refractivity contribution in [1.29, 1.82) is 0 Å². The van der Waals surface area contributed by atoms with Gasteiger partial charge in [0.2, 0.25) is 5.91 Å². The highest BCUT2D eigenvalue weighted by Crippen LogP contribution is 2.27. The predicted octanol–water partition coefficient (Wildman–Crippen LogP) is 1.33. The highest BCUT2D eigenvalue weighted by Gasteiger charge is 2.30. The molecule has 6 heteroatoms. The number of hydrogen-bond donors (Lipinski definition) is 1. The van der Waals surface area contributed by atoms with E-state index in [-0.39, 0.29) is 17.9 Å². The summed E-state index contributed by atoms with van der Waals surface area (Å²) in [6.45, 7) is 1.51. The lowest BCUT2D eigenvalue weighted by molar-refractivity contribution is -0.136. The topological polar surface area (TPSA) is 67.2 Å². The van der Waals surface area contributed by atoms with Crippen LogP contribution in [-0.2, 0) is 11.8 Å². The molecule has 0 atom stereocenters. The summed E-state index contributed by atoms with van der Waals surface area (Å²) < 4.78 is 1.72. The van der Waals surface area contributed by atoms with Crippen molar-refractivity contribution in [1.82, 2.24) is 19.8 Å². The van der Waals surface area contributed by atoms with E-state index in [1.165, 1.54) is 12.8 Å². The van der Waals surface area contributed by atoms with Crippen LogP contribution in [0.25, 0.3) is 0 Å². The van der Waals surface area contributed by atoms with Crippen LogP contribution in [-0.4, -0.2) is 45.4 Å². The number of amides is 2. The van der Waals surface area contributed by atoms with Gasteiger partial charge in [0.1, 0.15) is 5.69 Å². The minimum Gasteiger partial charge on any atom is -0.348 e. The van der Waals surface area contributed by atoms with E-state index in [0.717, 1.165) is 38.8 Å². The van der Waals surface area contributed by atoms with E-state index in [1.807, 2.05) is 11.9 Å². The molecule has 0 unspecified atom stereocenters. The Morgan fingerprint density at radius 3 is 2.45 bits per heavy atom. The van der Waals surface area contributed by atoms with Crippen LogP contribution < -0.4 is 5.32 Å². The van der Waals surface area contributed by atoms with Crippen LogP contribution in [0, 0.1) is 5.92 Å². The Morgan fingerprint density at radius 2 is 1.86 bits per heavy atom. The summed E-state index contributed by atoms with van der Waals surface area (Å²) in [6, 6.07) is 0.148. The van der Waals surface area contributed by atoms with Crippen LogP contribution in [0.1, 0.15) is 49.0 Å². The summed E-state index contributed by atoms with van der Waals surface area (Å²) in [7, 11) is 1.81. The summed E-state index contributed by atoms with van der Waals surface area (Å²) in [4.78, 5) is 30.5. The lowest BCUT2D eigenvalue weighted by atomic mass is 10.0. The minimum absolute atomic E-state index is 0.0828. The Morgan fingerprint density at radius 1 is 1.18 bits per heavy atom. The second kappa shape index (κ2) is 6.50. The van der Waals surface area contributed by atoms with E-state index in [4.69, 9.17) is 0 Å². The highest BCUT2D eigenvalue weighted by molar-refractivity contribution is 5.92. The minimum atomic E-state index is -0.0828. The molecule has 0 aromatic carbocycles. The fourth-order valence-corrected chi connectivity index (χ4v) is 3.51. The van der Waals surface area contributed by atoms with E-state index in [2.05, 4.69) is 10.3 Å². The Balaban J connectivity index is 1.48. The second-order valence-electron chi connectivity index (χ2n) is 6.44. The molecule has 1 N–H and O–H groups in total. The number of piperidine rings is 1. The molecule has 1 aliphatic carbocycles. The second-order valence-corrected chi connectivity index (χ2v) is 6.44. The zero-order valence-electron chi connectivity index (χ0n) is 13.1. The van der Waals surface area contributed by atoms with Crippen molar-refractivity contribution in [2.45, 2.75) is 44.6 Å². The number of aromatic nitrogens is 2. The lowest BCUT2D eigenvalue weighted by Crippen LogP contribution is -2.48. The summed E-state index contributed by atoms with van der Waals surface area (Å²) in [5.41, 5.74) is 0.574. The molecule has 1 aromatic heterocycles. The number of carbonyl (C=O) groups is 2. The molecular weight excluding hydrogens is 280 g/mol. The van der Waals surface area contributed by atoms with Gasteiger partial charge in [-0.1, -0.05) is 12.8 Å². The predicted molar refractivity (Wildman–Crippen MR) is 82.2 cm³/mol. The molecule has 1 aliphatic heterocycles. The fraction of sp³-hybridized carbons (Fsp3) is 0.688. The van der Waals surface area contributed by atoms with Crippen LogP contribution in [0.5, 0.6) is 0 Å². The first-order valence-electron chi connectivity index (χ1n) is 8.21. The standard InChI is InChI=1S/C16H24N4O2/c1-19-11-17-10-14(19)15(21)18-13-6-8-20(9-7-13)16(22)12-4-2-3-5-12/h10-13H,2-9H2,1H3,(H,18,21). The number of rotatable bonds is 3. The van der Waals surface area contributed by atoms with Crippen molar-refractivity contribution in [2.75, 3.05) is 13.1 Å². The SMILES string of the molecule is Cn1cncc1C(=O)NC1CCN(C(=O)C2CCCC2)CC1. The Hall–Kier alpha value is -1.85. The van der Waals surface area contributed by atoms with Gasteiger partial charge >= 0.3 is 0 Å². The average molecular weight is 304 g/mol. The number of nitrogens with zero attached hydrogens (tertiary/aromatic N) is 3. The molecule has 2 heterocycles. The van der Waals surface area contributed by atoms with Crippen molar-refractivity contribution in [3.63, 3.8) is 0 Å². The van der Waals surface area contributed by atoms with Gasteiger partial charge in [0.15, 0.2) is 0 Å². The van der Waals surface area contributed by atoms with Crippen molar-refractivity contribution >= 4 is 11.8 Å². The molecule has 0 radical (unpaired) electrons. The molecule has 2 amide bonds. The van der Waals surface area contributed by atoms with E-state index in [1.54, 1.807) is 17.1 Å². The zero-order valence-corrected chi connectivity index (χ0v) is 13.1. The average Bonchev–Trinajstić information content (AvgIpc) is 3.18. The number of likely N-dealkylation sites (tertiary alicyclic amines) is 1. The molecule has 1 saturated carbocycles. The molecule has 3 rings (SSSR count). The van der Waals surface area contributed by atoms with E-state index >= 15 is 0 Å². The zero-order chi connectivity index (χ0) is 15.5. The highest BCUT2D eigenvalue weighted by atomic mass is 16.2. The summed E-state index contributed by atoms with van der Waals surface area (Å²) in [6.07, 6.45) is 9.35. The van der Waals surface area contributed by atoms with Crippen molar-refractivity contribution in [2.24, 2.45) is 13.0 Å². The van der Waals surface area contributed by atoms with Gasteiger partial charge in [-0.15, -0.1) is 0 Å². The lowest BCUT2D eigenvalue weighted by Gasteiger charge is -2.33. The van der Waals surface area contributed by atoms with E-state index in [0.29, 0.717) is 11.6 Å². The maximum Gasteiger partial charge on any atom is 0.269 e. The molecule has 0 spiro atoms. The first kappa shape index (κ1) is 15.1.